The average molecular weight is 321 g/mol. The van der Waals surface area contributed by atoms with Crippen LogP contribution < -0.4 is 0 Å². The molecule has 0 unspecified atom stereocenters. The van der Waals surface area contributed by atoms with Gasteiger partial charge in [-0.1, -0.05) is 17.7 Å². The number of carbonyl (C=O) groups excluding carboxylic acids is 1. The predicted octanol–water partition coefficient (Wildman–Crippen LogP) is 3.19. The minimum Gasteiger partial charge on any atom is -0.508 e. The molecule has 1 aromatic heterocycles. The number of carbonyl (C=O) groups is 1. The number of hydrogen-bond donors (Lipinski definition) is 1. The zero-order valence-corrected chi connectivity index (χ0v) is 12.7. The molecule has 4 nitrogen and oxygen atoms in total. The number of halogens is 1. The lowest BCUT2D eigenvalue weighted by molar-refractivity contribution is 0.0704. The van der Waals surface area contributed by atoms with Crippen molar-refractivity contribution in [2.24, 2.45) is 0 Å². The summed E-state index contributed by atoms with van der Waals surface area (Å²) in [6, 6.07) is 5.45. The highest BCUT2D eigenvalue weighted by Gasteiger charge is 2.50. The van der Waals surface area contributed by atoms with E-state index in [4.69, 9.17) is 11.6 Å². The second kappa shape index (κ2) is 4.45. The summed E-state index contributed by atoms with van der Waals surface area (Å²) in [5, 5.41) is 11.4. The number of fused-ring (bicyclic) bond motifs is 2. The van der Waals surface area contributed by atoms with Crippen LogP contribution in [0.2, 0.25) is 4.47 Å². The summed E-state index contributed by atoms with van der Waals surface area (Å²) in [4.78, 5) is 18.5. The Hall–Kier alpha value is -1.59. The van der Waals surface area contributed by atoms with Crippen molar-refractivity contribution in [3.63, 3.8) is 0 Å². The number of rotatable bonds is 1. The van der Waals surface area contributed by atoms with Crippen molar-refractivity contribution in [2.45, 2.75) is 24.8 Å². The molecule has 1 fully saturated rings. The van der Waals surface area contributed by atoms with Crippen LogP contribution in [0.5, 0.6) is 5.75 Å². The molecular formula is C15H13ClN2O2S. The van der Waals surface area contributed by atoms with Crippen molar-refractivity contribution in [1.29, 1.82) is 0 Å². The molecule has 2 aromatic rings. The molecule has 2 aliphatic rings. The molecule has 0 atom stereocenters. The van der Waals surface area contributed by atoms with E-state index in [1.807, 2.05) is 17.0 Å². The van der Waals surface area contributed by atoms with E-state index in [0.29, 0.717) is 29.0 Å². The number of aromatic hydroxyl groups is 1. The second-order valence-electron chi connectivity index (χ2n) is 5.77. The fourth-order valence-corrected chi connectivity index (χ4v) is 3.88. The first kappa shape index (κ1) is 13.1. The molecule has 1 N–H and O–H groups in total. The highest BCUT2D eigenvalue weighted by molar-refractivity contribution is 7.14. The Labute approximate surface area is 131 Å². The van der Waals surface area contributed by atoms with Crippen molar-refractivity contribution in [3.8, 4) is 5.75 Å². The number of nitrogens with zero attached hydrogens (tertiary/aromatic N) is 2. The van der Waals surface area contributed by atoms with Gasteiger partial charge in [-0.15, -0.1) is 11.3 Å². The monoisotopic (exact) mass is 320 g/mol. The number of phenols is 1. The number of hydrogen-bond acceptors (Lipinski definition) is 4. The highest BCUT2D eigenvalue weighted by Crippen LogP contribution is 2.53. The van der Waals surface area contributed by atoms with Gasteiger partial charge in [-0.05, 0) is 36.1 Å². The zero-order valence-electron chi connectivity index (χ0n) is 11.2. The van der Waals surface area contributed by atoms with Gasteiger partial charge in [0.1, 0.15) is 11.4 Å². The zero-order chi connectivity index (χ0) is 14.6. The van der Waals surface area contributed by atoms with Crippen LogP contribution in [0.1, 0.15) is 34.5 Å². The van der Waals surface area contributed by atoms with E-state index in [1.54, 1.807) is 11.4 Å². The van der Waals surface area contributed by atoms with Gasteiger partial charge >= 0.3 is 0 Å². The smallest absolute Gasteiger partial charge is 0.273 e. The van der Waals surface area contributed by atoms with Crippen molar-refractivity contribution < 1.29 is 9.90 Å². The molecule has 1 amide bonds. The first-order valence-electron chi connectivity index (χ1n) is 6.80. The van der Waals surface area contributed by atoms with E-state index in [1.165, 1.54) is 16.9 Å². The van der Waals surface area contributed by atoms with Crippen LogP contribution in [0.15, 0.2) is 23.6 Å². The van der Waals surface area contributed by atoms with Crippen LogP contribution in [-0.4, -0.2) is 27.4 Å². The highest BCUT2D eigenvalue weighted by atomic mass is 35.5. The van der Waals surface area contributed by atoms with E-state index in [9.17, 15) is 9.90 Å². The first-order chi connectivity index (χ1) is 10.1. The van der Waals surface area contributed by atoms with Crippen molar-refractivity contribution in [3.05, 3.63) is 44.9 Å². The Morgan fingerprint density at radius 3 is 2.90 bits per heavy atom. The third-order valence-corrected chi connectivity index (χ3v) is 5.33. The minimum atomic E-state index is -0.0665. The largest absolute Gasteiger partial charge is 0.508 e. The van der Waals surface area contributed by atoms with Gasteiger partial charge in [0, 0.05) is 23.9 Å². The molecule has 108 valence electrons. The molecule has 1 spiro atoms. The maximum absolute atomic E-state index is 12.6. The third-order valence-electron chi connectivity index (χ3n) is 4.36. The number of thiazole rings is 1. The topological polar surface area (TPSA) is 53.4 Å². The number of amides is 1. The molecule has 6 heteroatoms. The fourth-order valence-electron chi connectivity index (χ4n) is 3.14. The lowest BCUT2D eigenvalue weighted by Crippen LogP contribution is -2.41. The Morgan fingerprint density at radius 1 is 1.43 bits per heavy atom. The van der Waals surface area contributed by atoms with Crippen molar-refractivity contribution in [1.82, 2.24) is 9.88 Å². The van der Waals surface area contributed by atoms with Gasteiger partial charge in [-0.25, -0.2) is 4.98 Å². The molecule has 1 aromatic carbocycles. The quantitative estimate of drug-likeness (QED) is 0.878. The second-order valence-corrected chi connectivity index (χ2v) is 7.21. The summed E-state index contributed by atoms with van der Waals surface area (Å²) in [6.45, 7) is 1.25. The van der Waals surface area contributed by atoms with E-state index in [-0.39, 0.29) is 11.3 Å². The van der Waals surface area contributed by atoms with Crippen molar-refractivity contribution >= 4 is 28.8 Å². The van der Waals surface area contributed by atoms with E-state index < -0.39 is 0 Å². The molecule has 0 radical (unpaired) electrons. The molecular weight excluding hydrogens is 308 g/mol. The van der Waals surface area contributed by atoms with Gasteiger partial charge in [0.2, 0.25) is 0 Å². The fraction of sp³-hybridized carbons (Fsp3) is 0.333. The first-order valence-corrected chi connectivity index (χ1v) is 8.06. The van der Waals surface area contributed by atoms with Gasteiger partial charge < -0.3 is 10.0 Å². The number of aromatic nitrogens is 1. The molecule has 0 bridgehead atoms. The summed E-state index contributed by atoms with van der Waals surface area (Å²) in [5.41, 5.74) is 2.76. The molecule has 0 saturated heterocycles. The maximum Gasteiger partial charge on any atom is 0.273 e. The third kappa shape index (κ3) is 2.12. The van der Waals surface area contributed by atoms with Crippen LogP contribution >= 0.6 is 22.9 Å². The van der Waals surface area contributed by atoms with Crippen LogP contribution in [0.4, 0.5) is 0 Å². The summed E-state index contributed by atoms with van der Waals surface area (Å²) in [7, 11) is 0. The summed E-state index contributed by atoms with van der Waals surface area (Å²) in [6.07, 6.45) is 2.12. The number of benzene rings is 1. The van der Waals surface area contributed by atoms with Gasteiger partial charge in [-0.2, -0.15) is 0 Å². The molecule has 1 aliphatic carbocycles. The summed E-state index contributed by atoms with van der Waals surface area (Å²) < 4.78 is 0.391. The Kier molecular flexibility index (Phi) is 2.78. The number of phenolic OH excluding ortho intramolecular Hbond substituents is 1. The Morgan fingerprint density at radius 2 is 2.24 bits per heavy atom. The lowest BCUT2D eigenvalue weighted by Gasteiger charge is -2.34. The molecule has 4 rings (SSSR count). The lowest BCUT2D eigenvalue weighted by atomic mass is 9.86. The van der Waals surface area contributed by atoms with Crippen LogP contribution in [0, 0.1) is 0 Å². The normalized spacial score (nSPS) is 18.6. The standard InChI is InChI=1S/C15H13ClN2O2S/c16-14-17-12(7-21-14)13(20)18-6-9-1-2-10(19)5-11(9)15(8-18)3-4-15/h1-2,5,7,19H,3-4,6,8H2. The molecule has 1 aliphatic heterocycles. The van der Waals surface area contributed by atoms with Crippen LogP contribution in [0.3, 0.4) is 0 Å². The maximum atomic E-state index is 12.6. The predicted molar refractivity (Wildman–Crippen MR) is 80.9 cm³/mol. The summed E-state index contributed by atoms with van der Waals surface area (Å²) >= 11 is 7.09. The van der Waals surface area contributed by atoms with Gasteiger partial charge in [0.25, 0.3) is 5.91 Å². The van der Waals surface area contributed by atoms with E-state index in [2.05, 4.69) is 4.98 Å². The molecule has 21 heavy (non-hydrogen) atoms. The average Bonchev–Trinajstić information content (AvgIpc) is 3.10. The van der Waals surface area contributed by atoms with E-state index in [0.717, 1.165) is 18.4 Å². The van der Waals surface area contributed by atoms with Crippen LogP contribution in [-0.2, 0) is 12.0 Å². The molecule has 1 saturated carbocycles. The van der Waals surface area contributed by atoms with Crippen molar-refractivity contribution in [2.75, 3.05) is 6.54 Å². The van der Waals surface area contributed by atoms with Gasteiger partial charge in [-0.3, -0.25) is 4.79 Å². The summed E-state index contributed by atoms with van der Waals surface area (Å²) in [5.74, 6) is 0.231. The Balaban J connectivity index is 1.68. The Bertz CT molecular complexity index is 739. The van der Waals surface area contributed by atoms with Crippen LogP contribution in [0.25, 0.3) is 0 Å². The minimum absolute atomic E-state index is 0.0296. The molecule has 2 heterocycles. The SMILES string of the molecule is O=C(c1csc(Cl)n1)N1Cc2ccc(O)cc2C2(CC2)C1. The van der Waals surface area contributed by atoms with Gasteiger partial charge in [0.15, 0.2) is 4.47 Å². The van der Waals surface area contributed by atoms with E-state index >= 15 is 0 Å². The van der Waals surface area contributed by atoms with Gasteiger partial charge in [0.05, 0.1) is 0 Å².